The fraction of sp³-hybridized carbons (Fsp3) is 0.679. The molecule has 0 spiro atoms. The first-order valence-electron chi connectivity index (χ1n) is 14.0. The van der Waals surface area contributed by atoms with E-state index in [1.54, 1.807) is 11.0 Å². The van der Waals surface area contributed by atoms with Gasteiger partial charge in [0, 0.05) is 44.0 Å². The first kappa shape index (κ1) is 26.1. The third kappa shape index (κ3) is 5.13. The highest BCUT2D eigenvalue weighted by atomic mass is 16.5. The Labute approximate surface area is 219 Å². The van der Waals surface area contributed by atoms with Crippen molar-refractivity contribution in [2.24, 2.45) is 17.4 Å². The van der Waals surface area contributed by atoms with Crippen molar-refractivity contribution in [1.29, 1.82) is 0 Å². The Kier molecular flexibility index (Phi) is 7.83. The van der Waals surface area contributed by atoms with E-state index in [0.717, 1.165) is 76.9 Å². The minimum Gasteiger partial charge on any atom is -0.369 e. The van der Waals surface area contributed by atoms with Crippen molar-refractivity contribution in [3.8, 4) is 0 Å². The quantitative estimate of drug-likeness (QED) is 0.569. The molecule has 5 rings (SSSR count). The Morgan fingerprint density at radius 2 is 1.84 bits per heavy atom. The summed E-state index contributed by atoms with van der Waals surface area (Å²) in [6, 6.07) is 4.73. The number of rotatable bonds is 7. The van der Waals surface area contributed by atoms with Crippen LogP contribution in [-0.4, -0.2) is 91.5 Å². The Hall–Kier alpha value is -2.49. The fourth-order valence-electron chi connectivity index (χ4n) is 6.93. The third-order valence-electron chi connectivity index (χ3n) is 8.81. The zero-order valence-corrected chi connectivity index (χ0v) is 21.9. The lowest BCUT2D eigenvalue weighted by Crippen LogP contribution is -2.47. The summed E-state index contributed by atoms with van der Waals surface area (Å²) in [7, 11) is 0. The van der Waals surface area contributed by atoms with Crippen LogP contribution in [0.3, 0.4) is 0 Å². The van der Waals surface area contributed by atoms with Gasteiger partial charge in [0.15, 0.2) is 5.78 Å². The maximum absolute atomic E-state index is 14.3. The summed E-state index contributed by atoms with van der Waals surface area (Å²) in [6.45, 7) is 7.35. The van der Waals surface area contributed by atoms with Crippen molar-refractivity contribution in [3.63, 3.8) is 0 Å². The first-order chi connectivity index (χ1) is 17.9. The van der Waals surface area contributed by atoms with E-state index in [2.05, 4.69) is 16.7 Å². The zero-order chi connectivity index (χ0) is 26.1. The average Bonchev–Trinajstić information content (AvgIpc) is 3.45. The smallest absolute Gasteiger partial charge is 0.249 e. The average molecular weight is 512 g/mol. The molecule has 3 aliphatic heterocycles. The summed E-state index contributed by atoms with van der Waals surface area (Å²) < 4.78 is 5.65. The van der Waals surface area contributed by atoms with Gasteiger partial charge in [-0.1, -0.05) is 26.2 Å². The van der Waals surface area contributed by atoms with Gasteiger partial charge in [-0.25, -0.2) is 0 Å². The monoisotopic (exact) mass is 511 g/mol. The topological polar surface area (TPSA) is 122 Å². The van der Waals surface area contributed by atoms with E-state index >= 15 is 0 Å². The third-order valence-corrected chi connectivity index (χ3v) is 8.81. The van der Waals surface area contributed by atoms with E-state index in [0.29, 0.717) is 11.1 Å². The minimum atomic E-state index is -0.638. The first-order valence-corrected chi connectivity index (χ1v) is 14.0. The van der Waals surface area contributed by atoms with Crippen molar-refractivity contribution in [1.82, 2.24) is 9.80 Å². The molecule has 0 unspecified atom stereocenters. The number of carbonyl (C=O) groups is 3. The number of hydrogen-bond acceptors (Lipinski definition) is 7. The number of primary amides is 1. The number of benzene rings is 1. The molecule has 0 bridgehead atoms. The lowest BCUT2D eigenvalue weighted by Gasteiger charge is -2.37. The second-order valence-corrected chi connectivity index (χ2v) is 11.2. The van der Waals surface area contributed by atoms with Crippen LogP contribution in [0, 0.1) is 5.92 Å². The number of nitrogens with zero attached hydrogens (tertiary/aromatic N) is 3. The molecule has 3 heterocycles. The summed E-state index contributed by atoms with van der Waals surface area (Å²) in [6.07, 6.45) is 5.75. The highest BCUT2D eigenvalue weighted by Crippen LogP contribution is 2.41. The number of likely N-dealkylation sites (tertiary alicyclic amines) is 1. The molecule has 37 heavy (non-hydrogen) atoms. The van der Waals surface area contributed by atoms with E-state index in [4.69, 9.17) is 16.2 Å². The molecule has 0 radical (unpaired) electrons. The van der Waals surface area contributed by atoms with Crippen LogP contribution in [0.2, 0.25) is 0 Å². The van der Waals surface area contributed by atoms with Gasteiger partial charge < -0.3 is 26.0 Å². The molecule has 1 aromatic rings. The highest BCUT2D eigenvalue weighted by molar-refractivity contribution is 5.99. The Morgan fingerprint density at radius 3 is 2.51 bits per heavy atom. The van der Waals surface area contributed by atoms with Crippen LogP contribution in [0.25, 0.3) is 0 Å². The van der Waals surface area contributed by atoms with Crippen LogP contribution in [-0.2, 0) is 14.3 Å². The molecule has 1 saturated carbocycles. The molecule has 9 nitrogen and oxygen atoms in total. The molecular formula is C28H41N5O4. The number of fused-ring (bicyclic) bond motifs is 1. The van der Waals surface area contributed by atoms with Crippen molar-refractivity contribution in [3.05, 3.63) is 29.3 Å². The largest absolute Gasteiger partial charge is 0.369 e. The van der Waals surface area contributed by atoms with Crippen molar-refractivity contribution in [2.45, 2.75) is 69.6 Å². The maximum atomic E-state index is 14.3. The van der Waals surface area contributed by atoms with Crippen molar-refractivity contribution < 1.29 is 19.1 Å². The second kappa shape index (κ2) is 11.1. The number of anilines is 1. The van der Waals surface area contributed by atoms with Crippen LogP contribution < -0.4 is 16.4 Å². The molecule has 4 atom stereocenters. The highest BCUT2D eigenvalue weighted by Gasteiger charge is 2.53. The van der Waals surface area contributed by atoms with Crippen LogP contribution in [0.5, 0.6) is 0 Å². The lowest BCUT2D eigenvalue weighted by atomic mass is 9.74. The Balaban J connectivity index is 1.50. The molecule has 4 aliphatic rings. The summed E-state index contributed by atoms with van der Waals surface area (Å²) in [5, 5.41) is 0. The van der Waals surface area contributed by atoms with E-state index in [-0.39, 0.29) is 30.8 Å². The lowest BCUT2D eigenvalue weighted by molar-refractivity contribution is -0.139. The SMILES string of the molecule is CCCN1CCN(c2ccc(C(N)=O)c([C@@H](C(=O)N3C[C@@H](N)[C@H]4OCC(=O)[C@H]43)C3CCCCC3)c2)CC1. The van der Waals surface area contributed by atoms with Gasteiger partial charge in [0.25, 0.3) is 0 Å². The second-order valence-electron chi connectivity index (χ2n) is 11.2. The number of amides is 2. The molecule has 0 aromatic heterocycles. The molecule has 3 saturated heterocycles. The van der Waals surface area contributed by atoms with Gasteiger partial charge in [0.1, 0.15) is 18.8 Å². The summed E-state index contributed by atoms with van der Waals surface area (Å²) in [5.41, 5.74) is 14.3. The summed E-state index contributed by atoms with van der Waals surface area (Å²) >= 11 is 0. The molecule has 202 valence electrons. The predicted octanol–water partition coefficient (Wildman–Crippen LogP) is 1.49. The normalized spacial score (nSPS) is 27.9. The van der Waals surface area contributed by atoms with Crippen LogP contribution in [0.1, 0.15) is 67.3 Å². The van der Waals surface area contributed by atoms with E-state index < -0.39 is 30.0 Å². The number of ether oxygens (including phenoxy) is 1. The van der Waals surface area contributed by atoms with E-state index in [1.165, 1.54) is 0 Å². The molecule has 2 amide bonds. The van der Waals surface area contributed by atoms with E-state index in [1.807, 2.05) is 12.1 Å². The van der Waals surface area contributed by atoms with Crippen molar-refractivity contribution >= 4 is 23.3 Å². The van der Waals surface area contributed by atoms with Gasteiger partial charge in [-0.2, -0.15) is 0 Å². The van der Waals surface area contributed by atoms with Crippen LogP contribution in [0.15, 0.2) is 18.2 Å². The Bertz CT molecular complexity index is 1020. The summed E-state index contributed by atoms with van der Waals surface area (Å²) in [4.78, 5) is 46.1. The van der Waals surface area contributed by atoms with Gasteiger partial charge in [-0.3, -0.25) is 19.3 Å². The van der Waals surface area contributed by atoms with E-state index in [9.17, 15) is 14.4 Å². The molecular weight excluding hydrogens is 470 g/mol. The molecule has 1 aliphatic carbocycles. The molecule has 4 fully saturated rings. The number of hydrogen-bond donors (Lipinski definition) is 2. The fourth-order valence-corrected chi connectivity index (χ4v) is 6.93. The van der Waals surface area contributed by atoms with Gasteiger partial charge in [-0.05, 0) is 55.5 Å². The van der Waals surface area contributed by atoms with Gasteiger partial charge in [0.05, 0.1) is 12.0 Å². The zero-order valence-electron chi connectivity index (χ0n) is 21.9. The maximum Gasteiger partial charge on any atom is 0.249 e. The number of carbonyl (C=O) groups excluding carboxylic acids is 3. The summed E-state index contributed by atoms with van der Waals surface area (Å²) in [5.74, 6) is -1.20. The van der Waals surface area contributed by atoms with Gasteiger partial charge in [-0.15, -0.1) is 0 Å². The number of Topliss-reactive ketones (excluding diaryl/α,β-unsaturated/α-hetero) is 1. The van der Waals surface area contributed by atoms with Crippen molar-refractivity contribution in [2.75, 3.05) is 50.8 Å². The van der Waals surface area contributed by atoms with Crippen LogP contribution >= 0.6 is 0 Å². The van der Waals surface area contributed by atoms with Gasteiger partial charge >= 0.3 is 0 Å². The molecule has 1 aromatic carbocycles. The number of piperazine rings is 1. The molecule has 9 heteroatoms. The van der Waals surface area contributed by atoms with Crippen LogP contribution in [0.4, 0.5) is 5.69 Å². The number of ketones is 1. The standard InChI is InChI=1S/C28H41N5O4/c1-2-10-31-11-13-32(14-12-31)19-8-9-20(27(30)35)21(15-19)24(18-6-4-3-5-7-18)28(36)33-16-22(29)26-25(33)23(34)17-37-26/h8-9,15,18,22,24-26H,2-7,10-14,16-17,29H2,1H3,(H2,30,35)/t22-,24+,25-,26-/m1/s1. The van der Waals surface area contributed by atoms with Gasteiger partial charge in [0.2, 0.25) is 11.8 Å². The Morgan fingerprint density at radius 1 is 1.11 bits per heavy atom. The predicted molar refractivity (Wildman–Crippen MR) is 141 cm³/mol. The number of nitrogens with two attached hydrogens (primary N) is 2. The molecule has 4 N–H and O–H groups in total. The minimum absolute atomic E-state index is 0.00701.